The molecule has 2 atom stereocenters. The Hall–Kier alpha value is -1.88. The van der Waals surface area contributed by atoms with Gasteiger partial charge >= 0.3 is 0 Å². The molecule has 1 aliphatic rings. The molecule has 1 heterocycles. The van der Waals surface area contributed by atoms with Crippen LogP contribution in [0.25, 0.3) is 0 Å². The van der Waals surface area contributed by atoms with Crippen LogP contribution in [0.3, 0.4) is 0 Å². The molecule has 2 N–H and O–H groups in total. The van der Waals surface area contributed by atoms with E-state index in [0.29, 0.717) is 6.42 Å². The van der Waals surface area contributed by atoms with E-state index in [2.05, 4.69) is 5.32 Å². The Morgan fingerprint density at radius 3 is 2.61 bits per heavy atom. The van der Waals surface area contributed by atoms with Crippen LogP contribution >= 0.6 is 0 Å². The molecule has 0 saturated carbocycles. The summed E-state index contributed by atoms with van der Waals surface area (Å²) >= 11 is 0. The fourth-order valence-electron chi connectivity index (χ4n) is 2.65. The number of hydrogen-bond acceptors (Lipinski definition) is 3. The summed E-state index contributed by atoms with van der Waals surface area (Å²) in [7, 11) is 0. The first-order valence-corrected chi connectivity index (χ1v) is 8.35. The lowest BCUT2D eigenvalue weighted by atomic mass is 10.0. The highest BCUT2D eigenvalue weighted by molar-refractivity contribution is 5.95. The van der Waals surface area contributed by atoms with Crippen molar-refractivity contribution in [3.8, 4) is 0 Å². The number of anilines is 1. The van der Waals surface area contributed by atoms with Gasteiger partial charge in [-0.25, -0.2) is 0 Å². The number of aliphatic hydroxyl groups is 1. The highest BCUT2D eigenvalue weighted by Crippen LogP contribution is 2.21. The zero-order valence-corrected chi connectivity index (χ0v) is 13.9. The smallest absolute Gasteiger partial charge is 0.227 e. The molecule has 0 radical (unpaired) electrons. The number of nitrogens with one attached hydrogen (secondary N) is 1. The van der Waals surface area contributed by atoms with Gasteiger partial charge in [0.2, 0.25) is 11.8 Å². The largest absolute Gasteiger partial charge is 0.391 e. The first-order valence-electron chi connectivity index (χ1n) is 8.35. The minimum absolute atomic E-state index is 0.0997. The SMILES string of the molecule is CCC(C)C(O)CNC(=O)Cc1ccc(N2CCCC2=O)cc1. The van der Waals surface area contributed by atoms with Gasteiger partial charge in [-0.05, 0) is 30.0 Å². The molecule has 0 bridgehead atoms. The Bertz CT molecular complexity index is 542. The second-order valence-electron chi connectivity index (χ2n) is 6.25. The second kappa shape index (κ2) is 8.11. The lowest BCUT2D eigenvalue weighted by molar-refractivity contribution is -0.121. The maximum absolute atomic E-state index is 11.9. The molecule has 2 rings (SSSR count). The number of aliphatic hydroxyl groups excluding tert-OH is 1. The number of rotatable bonds is 7. The van der Waals surface area contributed by atoms with Crippen LogP contribution in [0.1, 0.15) is 38.7 Å². The summed E-state index contributed by atoms with van der Waals surface area (Å²) in [5, 5.41) is 12.6. The van der Waals surface area contributed by atoms with E-state index in [0.717, 1.165) is 30.6 Å². The Kier molecular flexibility index (Phi) is 6.16. The van der Waals surface area contributed by atoms with Gasteiger partial charge < -0.3 is 15.3 Å². The number of hydrogen-bond donors (Lipinski definition) is 2. The lowest BCUT2D eigenvalue weighted by Crippen LogP contribution is -2.36. The van der Waals surface area contributed by atoms with Crippen molar-refractivity contribution in [1.82, 2.24) is 5.32 Å². The maximum atomic E-state index is 11.9. The van der Waals surface area contributed by atoms with Crippen LogP contribution in [0, 0.1) is 5.92 Å². The fraction of sp³-hybridized carbons (Fsp3) is 0.556. The lowest BCUT2D eigenvalue weighted by Gasteiger charge is -2.18. The summed E-state index contributed by atoms with van der Waals surface area (Å²) in [5.41, 5.74) is 1.79. The average Bonchev–Trinajstić information content (AvgIpc) is 2.98. The van der Waals surface area contributed by atoms with Crippen molar-refractivity contribution in [2.24, 2.45) is 5.92 Å². The van der Waals surface area contributed by atoms with Crippen molar-refractivity contribution in [2.45, 2.75) is 45.6 Å². The van der Waals surface area contributed by atoms with Gasteiger partial charge in [-0.3, -0.25) is 9.59 Å². The minimum Gasteiger partial charge on any atom is -0.391 e. The van der Waals surface area contributed by atoms with Crippen molar-refractivity contribution < 1.29 is 14.7 Å². The third-order valence-electron chi connectivity index (χ3n) is 4.50. The van der Waals surface area contributed by atoms with E-state index in [4.69, 9.17) is 0 Å². The Balaban J connectivity index is 1.83. The molecule has 0 spiro atoms. The zero-order valence-electron chi connectivity index (χ0n) is 13.9. The molecule has 0 aliphatic carbocycles. The molecule has 5 nitrogen and oxygen atoms in total. The predicted molar refractivity (Wildman–Crippen MR) is 90.2 cm³/mol. The number of carbonyl (C=O) groups excluding carboxylic acids is 2. The van der Waals surface area contributed by atoms with Crippen molar-refractivity contribution in [1.29, 1.82) is 0 Å². The van der Waals surface area contributed by atoms with Gasteiger partial charge in [0.25, 0.3) is 0 Å². The van der Waals surface area contributed by atoms with Gasteiger partial charge in [0.05, 0.1) is 12.5 Å². The van der Waals surface area contributed by atoms with Crippen molar-refractivity contribution in [2.75, 3.05) is 18.0 Å². The van der Waals surface area contributed by atoms with E-state index >= 15 is 0 Å². The molecule has 2 unspecified atom stereocenters. The highest BCUT2D eigenvalue weighted by Gasteiger charge is 2.21. The molecule has 2 amide bonds. The molecule has 1 aliphatic heterocycles. The molecule has 0 aromatic heterocycles. The van der Waals surface area contributed by atoms with E-state index < -0.39 is 6.10 Å². The van der Waals surface area contributed by atoms with E-state index in [1.807, 2.05) is 38.1 Å². The summed E-state index contributed by atoms with van der Waals surface area (Å²) in [6.07, 6.45) is 2.17. The maximum Gasteiger partial charge on any atom is 0.227 e. The summed E-state index contributed by atoms with van der Waals surface area (Å²) < 4.78 is 0. The van der Waals surface area contributed by atoms with Crippen molar-refractivity contribution in [3.63, 3.8) is 0 Å². The molecule has 1 saturated heterocycles. The zero-order chi connectivity index (χ0) is 16.8. The van der Waals surface area contributed by atoms with E-state index in [1.54, 1.807) is 4.90 Å². The van der Waals surface area contributed by atoms with Crippen LogP contribution in [-0.2, 0) is 16.0 Å². The molecule has 1 aromatic carbocycles. The predicted octanol–water partition coefficient (Wildman–Crippen LogP) is 1.88. The molecular weight excluding hydrogens is 292 g/mol. The Labute approximate surface area is 137 Å². The summed E-state index contributed by atoms with van der Waals surface area (Å²) in [6.45, 7) is 5.04. The summed E-state index contributed by atoms with van der Waals surface area (Å²) in [5.74, 6) is 0.236. The third-order valence-corrected chi connectivity index (χ3v) is 4.50. The van der Waals surface area contributed by atoms with Crippen LogP contribution < -0.4 is 10.2 Å². The minimum atomic E-state index is -0.507. The van der Waals surface area contributed by atoms with Gasteiger partial charge in [0.15, 0.2) is 0 Å². The van der Waals surface area contributed by atoms with Gasteiger partial charge in [-0.1, -0.05) is 32.4 Å². The second-order valence-corrected chi connectivity index (χ2v) is 6.25. The highest BCUT2D eigenvalue weighted by atomic mass is 16.3. The fourth-order valence-corrected chi connectivity index (χ4v) is 2.65. The van der Waals surface area contributed by atoms with E-state index in [1.165, 1.54) is 0 Å². The molecule has 1 fully saturated rings. The first-order chi connectivity index (χ1) is 11.0. The summed E-state index contributed by atoms with van der Waals surface area (Å²) in [6, 6.07) is 7.54. The van der Waals surface area contributed by atoms with Gasteiger partial charge in [0.1, 0.15) is 0 Å². The number of nitrogens with zero attached hydrogens (tertiary/aromatic N) is 1. The number of benzene rings is 1. The van der Waals surface area contributed by atoms with Gasteiger partial charge in [-0.2, -0.15) is 0 Å². The van der Waals surface area contributed by atoms with Crippen LogP contribution in [-0.4, -0.2) is 36.1 Å². The van der Waals surface area contributed by atoms with E-state index in [-0.39, 0.29) is 30.7 Å². The monoisotopic (exact) mass is 318 g/mol. The van der Waals surface area contributed by atoms with Crippen molar-refractivity contribution >= 4 is 17.5 Å². The van der Waals surface area contributed by atoms with Gasteiger partial charge in [0, 0.05) is 25.2 Å². The van der Waals surface area contributed by atoms with Crippen LogP contribution in [0.15, 0.2) is 24.3 Å². The van der Waals surface area contributed by atoms with Crippen LogP contribution in [0.5, 0.6) is 0 Å². The first kappa shape index (κ1) is 17.5. The third kappa shape index (κ3) is 4.79. The molecule has 1 aromatic rings. The number of amides is 2. The summed E-state index contributed by atoms with van der Waals surface area (Å²) in [4.78, 5) is 25.4. The van der Waals surface area contributed by atoms with Crippen LogP contribution in [0.2, 0.25) is 0 Å². The van der Waals surface area contributed by atoms with Gasteiger partial charge in [-0.15, -0.1) is 0 Å². The Morgan fingerprint density at radius 2 is 2.04 bits per heavy atom. The van der Waals surface area contributed by atoms with Crippen molar-refractivity contribution in [3.05, 3.63) is 29.8 Å². The quantitative estimate of drug-likeness (QED) is 0.806. The number of carbonyl (C=O) groups is 2. The Morgan fingerprint density at radius 1 is 1.35 bits per heavy atom. The standard InChI is InChI=1S/C18H26N2O3/c1-3-13(2)16(21)12-19-17(22)11-14-6-8-15(9-7-14)20-10-4-5-18(20)23/h6-9,13,16,21H,3-5,10-12H2,1-2H3,(H,19,22). The normalized spacial score (nSPS) is 17.2. The topological polar surface area (TPSA) is 69.6 Å². The molecular formula is C18H26N2O3. The molecule has 126 valence electrons. The average molecular weight is 318 g/mol. The van der Waals surface area contributed by atoms with E-state index in [9.17, 15) is 14.7 Å². The molecule has 23 heavy (non-hydrogen) atoms. The molecule has 5 heteroatoms. The van der Waals surface area contributed by atoms with Crippen LogP contribution in [0.4, 0.5) is 5.69 Å².